The molecule has 0 aliphatic heterocycles. The molecule has 2 rings (SSSR count). The molecule has 0 bridgehead atoms. The summed E-state index contributed by atoms with van der Waals surface area (Å²) in [6, 6.07) is 5.25. The third-order valence-corrected chi connectivity index (χ3v) is 4.84. The Kier molecular flexibility index (Phi) is 5.34. The molecule has 1 saturated carbocycles. The van der Waals surface area contributed by atoms with Gasteiger partial charge < -0.3 is 5.32 Å². The molecule has 1 aliphatic carbocycles. The Balaban J connectivity index is 1.83. The van der Waals surface area contributed by atoms with Gasteiger partial charge in [0.1, 0.15) is 5.82 Å². The van der Waals surface area contributed by atoms with E-state index in [4.69, 9.17) is 11.6 Å². The van der Waals surface area contributed by atoms with Crippen molar-refractivity contribution in [3.05, 3.63) is 34.6 Å². The molecule has 1 aromatic rings. The van der Waals surface area contributed by atoms with Crippen molar-refractivity contribution in [3.63, 3.8) is 0 Å². The molecule has 1 N–H and O–H groups in total. The Hall–Kier alpha value is -0.250. The highest BCUT2D eigenvalue weighted by Gasteiger charge is 2.24. The first-order valence-corrected chi connectivity index (χ1v) is 7.90. The molecule has 0 spiro atoms. The zero-order valence-electron chi connectivity index (χ0n) is 10.6. The van der Waals surface area contributed by atoms with Gasteiger partial charge in [0.15, 0.2) is 0 Å². The molecule has 18 heavy (non-hydrogen) atoms. The van der Waals surface area contributed by atoms with Crippen LogP contribution in [0, 0.1) is 5.82 Å². The Morgan fingerprint density at radius 2 is 2.28 bits per heavy atom. The molecular formula is C14H19ClFNS. The predicted molar refractivity (Wildman–Crippen MR) is 77.8 cm³/mol. The smallest absolute Gasteiger partial charge is 0.127 e. The van der Waals surface area contributed by atoms with Crippen LogP contribution in [-0.4, -0.2) is 17.0 Å². The fraction of sp³-hybridized carbons (Fsp3) is 0.571. The molecule has 1 nitrogen and oxygen atoms in total. The highest BCUT2D eigenvalue weighted by molar-refractivity contribution is 7.99. The van der Waals surface area contributed by atoms with Crippen LogP contribution < -0.4 is 5.32 Å². The minimum atomic E-state index is -0.176. The fourth-order valence-corrected chi connectivity index (χ4v) is 3.78. The summed E-state index contributed by atoms with van der Waals surface area (Å²) in [6.07, 6.45) is 3.66. The quantitative estimate of drug-likeness (QED) is 0.869. The second kappa shape index (κ2) is 6.78. The molecule has 2 unspecified atom stereocenters. The van der Waals surface area contributed by atoms with Crippen LogP contribution in [0.1, 0.15) is 31.7 Å². The molecule has 1 fully saturated rings. The first-order chi connectivity index (χ1) is 8.69. The summed E-state index contributed by atoms with van der Waals surface area (Å²) in [7, 11) is 0. The normalized spacial score (nSPS) is 23.5. The van der Waals surface area contributed by atoms with E-state index in [-0.39, 0.29) is 5.82 Å². The highest BCUT2D eigenvalue weighted by atomic mass is 35.5. The number of halogens is 2. The molecular weight excluding hydrogens is 269 g/mol. The van der Waals surface area contributed by atoms with Gasteiger partial charge in [0.25, 0.3) is 0 Å². The Morgan fingerprint density at radius 1 is 1.44 bits per heavy atom. The van der Waals surface area contributed by atoms with Gasteiger partial charge in [-0.15, -0.1) is 0 Å². The molecule has 4 heteroatoms. The first-order valence-electron chi connectivity index (χ1n) is 6.48. The van der Waals surface area contributed by atoms with Crippen molar-refractivity contribution in [1.82, 2.24) is 5.32 Å². The number of hydrogen-bond donors (Lipinski definition) is 1. The largest absolute Gasteiger partial charge is 0.310 e. The Bertz CT molecular complexity index is 399. The van der Waals surface area contributed by atoms with Gasteiger partial charge in [-0.3, -0.25) is 0 Å². The van der Waals surface area contributed by atoms with Crippen molar-refractivity contribution in [2.24, 2.45) is 0 Å². The minimum Gasteiger partial charge on any atom is -0.310 e. The first kappa shape index (κ1) is 14.2. The fourth-order valence-electron chi connectivity index (χ4n) is 2.45. The highest BCUT2D eigenvalue weighted by Crippen LogP contribution is 2.30. The lowest BCUT2D eigenvalue weighted by atomic mass is 10.2. The van der Waals surface area contributed by atoms with Gasteiger partial charge >= 0.3 is 0 Å². The molecule has 2 atom stereocenters. The molecule has 0 amide bonds. The molecule has 100 valence electrons. The number of hydrogen-bond acceptors (Lipinski definition) is 2. The van der Waals surface area contributed by atoms with Crippen LogP contribution in [0.2, 0.25) is 5.02 Å². The molecule has 1 aliphatic rings. The van der Waals surface area contributed by atoms with Gasteiger partial charge in [0.05, 0.1) is 0 Å². The molecule has 1 aromatic carbocycles. The number of nitrogens with one attached hydrogen (secondary N) is 1. The van der Waals surface area contributed by atoms with Crippen LogP contribution in [0.3, 0.4) is 0 Å². The van der Waals surface area contributed by atoms with Gasteiger partial charge in [-0.25, -0.2) is 4.39 Å². The Morgan fingerprint density at radius 3 is 3.06 bits per heavy atom. The average molecular weight is 288 g/mol. The number of benzene rings is 1. The summed E-state index contributed by atoms with van der Waals surface area (Å²) in [5.74, 6) is 1.00. The zero-order chi connectivity index (χ0) is 13.0. The second-order valence-corrected chi connectivity index (χ2v) is 6.72. The van der Waals surface area contributed by atoms with E-state index >= 15 is 0 Å². The topological polar surface area (TPSA) is 12.0 Å². The number of rotatable bonds is 5. The molecule has 0 aromatic heterocycles. The van der Waals surface area contributed by atoms with E-state index in [2.05, 4.69) is 12.2 Å². The molecule has 0 heterocycles. The van der Waals surface area contributed by atoms with E-state index in [0.29, 0.717) is 23.2 Å². The summed E-state index contributed by atoms with van der Waals surface area (Å²) in [4.78, 5) is 0. The second-order valence-electron chi connectivity index (χ2n) is 4.70. The van der Waals surface area contributed by atoms with E-state index in [1.165, 1.54) is 31.1 Å². The van der Waals surface area contributed by atoms with Crippen LogP contribution in [0.15, 0.2) is 18.2 Å². The molecule has 0 radical (unpaired) electrons. The maximum Gasteiger partial charge on any atom is 0.127 e. The van der Waals surface area contributed by atoms with Crippen molar-refractivity contribution >= 4 is 23.4 Å². The van der Waals surface area contributed by atoms with E-state index in [9.17, 15) is 4.39 Å². The van der Waals surface area contributed by atoms with Gasteiger partial charge in [0.2, 0.25) is 0 Å². The third kappa shape index (κ3) is 3.87. The summed E-state index contributed by atoms with van der Waals surface area (Å²) < 4.78 is 13.5. The van der Waals surface area contributed by atoms with Gasteiger partial charge in [-0.05, 0) is 43.2 Å². The lowest BCUT2D eigenvalue weighted by Crippen LogP contribution is -2.26. The van der Waals surface area contributed by atoms with Crippen molar-refractivity contribution < 1.29 is 4.39 Å². The van der Waals surface area contributed by atoms with Gasteiger partial charge in [-0.2, -0.15) is 11.8 Å². The van der Waals surface area contributed by atoms with Crippen molar-refractivity contribution in [1.29, 1.82) is 0 Å². The number of thioether (sulfide) groups is 1. The molecule has 0 saturated heterocycles. The van der Waals surface area contributed by atoms with E-state index in [1.54, 1.807) is 12.1 Å². The third-order valence-electron chi connectivity index (χ3n) is 3.38. The van der Waals surface area contributed by atoms with Crippen LogP contribution in [0.5, 0.6) is 0 Å². The predicted octanol–water partition coefficient (Wildman–Crippen LogP) is 4.24. The SMILES string of the molecule is CCSC1CCC(NCc2cc(Cl)ccc2F)C1. The van der Waals surface area contributed by atoms with Gasteiger partial charge in [0, 0.05) is 28.4 Å². The van der Waals surface area contributed by atoms with E-state index in [1.807, 2.05) is 11.8 Å². The van der Waals surface area contributed by atoms with E-state index in [0.717, 1.165) is 5.25 Å². The van der Waals surface area contributed by atoms with Crippen LogP contribution in [0.25, 0.3) is 0 Å². The summed E-state index contributed by atoms with van der Waals surface area (Å²) >= 11 is 7.91. The van der Waals surface area contributed by atoms with Crippen molar-refractivity contribution in [2.45, 2.75) is 44.0 Å². The summed E-state index contributed by atoms with van der Waals surface area (Å²) in [5, 5.41) is 4.81. The van der Waals surface area contributed by atoms with Crippen molar-refractivity contribution in [3.8, 4) is 0 Å². The Labute approximate surface area is 117 Å². The maximum absolute atomic E-state index is 13.5. The van der Waals surface area contributed by atoms with Crippen LogP contribution in [-0.2, 0) is 6.54 Å². The monoisotopic (exact) mass is 287 g/mol. The summed E-state index contributed by atoms with van der Waals surface area (Å²) in [6.45, 7) is 2.77. The average Bonchev–Trinajstić information content (AvgIpc) is 2.79. The lowest BCUT2D eigenvalue weighted by Gasteiger charge is -2.13. The van der Waals surface area contributed by atoms with Crippen LogP contribution >= 0.6 is 23.4 Å². The van der Waals surface area contributed by atoms with Crippen molar-refractivity contribution in [2.75, 3.05) is 5.75 Å². The zero-order valence-corrected chi connectivity index (χ0v) is 12.2. The van der Waals surface area contributed by atoms with Crippen LogP contribution in [0.4, 0.5) is 4.39 Å². The summed E-state index contributed by atoms with van der Waals surface area (Å²) in [5.41, 5.74) is 0.661. The standard InChI is InChI=1S/C14H19ClFNS/c1-2-18-13-5-4-12(8-13)17-9-10-7-11(15)3-6-14(10)16/h3,6-7,12-13,17H,2,4-5,8-9H2,1H3. The maximum atomic E-state index is 13.5. The van der Waals surface area contributed by atoms with E-state index < -0.39 is 0 Å². The lowest BCUT2D eigenvalue weighted by molar-refractivity contribution is 0.509. The minimum absolute atomic E-state index is 0.176. The van der Waals surface area contributed by atoms with Gasteiger partial charge in [-0.1, -0.05) is 18.5 Å².